The van der Waals surface area contributed by atoms with Crippen molar-refractivity contribution in [2.24, 2.45) is 0 Å². The average Bonchev–Trinajstić information content (AvgIpc) is 2.48. The predicted octanol–water partition coefficient (Wildman–Crippen LogP) is 2.99. The molecule has 1 aromatic carbocycles. The first kappa shape index (κ1) is 16.8. The molecule has 0 bridgehead atoms. The normalized spacial score (nSPS) is 16.9. The van der Waals surface area contributed by atoms with Gasteiger partial charge in [-0.1, -0.05) is 36.8 Å². The number of carbonyl (C=O) groups excluding carboxylic acids is 1. The molecule has 1 saturated heterocycles. The van der Waals surface area contributed by atoms with Gasteiger partial charge < -0.3 is 15.0 Å². The number of likely N-dealkylation sites (tertiary alicyclic amines) is 1. The van der Waals surface area contributed by atoms with Crippen molar-refractivity contribution in [2.75, 3.05) is 26.7 Å². The van der Waals surface area contributed by atoms with Crippen LogP contribution in [0.4, 0.5) is 4.79 Å². The van der Waals surface area contributed by atoms with Gasteiger partial charge in [0.05, 0.1) is 13.2 Å². The van der Waals surface area contributed by atoms with Crippen molar-refractivity contribution in [2.45, 2.75) is 25.3 Å². The zero-order valence-electron chi connectivity index (χ0n) is 11.9. The number of nitrogens with zero attached hydrogens (tertiary/aromatic N) is 1. The molecule has 112 valence electrons. The summed E-state index contributed by atoms with van der Waals surface area (Å²) in [5.41, 5.74) is 1.12. The molecule has 1 fully saturated rings. The number of piperidine rings is 1. The number of benzene rings is 1. The molecule has 2 rings (SSSR count). The molecule has 0 spiro atoms. The van der Waals surface area contributed by atoms with Gasteiger partial charge in [0.15, 0.2) is 0 Å². The Morgan fingerprint density at radius 2 is 1.90 bits per heavy atom. The van der Waals surface area contributed by atoms with Gasteiger partial charge >= 0.3 is 6.09 Å². The maximum absolute atomic E-state index is 11.5. The minimum atomic E-state index is -0.370. The van der Waals surface area contributed by atoms with Gasteiger partial charge in [-0.3, -0.25) is 0 Å². The first-order chi connectivity index (χ1) is 9.29. The molecule has 1 amide bonds. The summed E-state index contributed by atoms with van der Waals surface area (Å²) in [7, 11) is 1.40. The van der Waals surface area contributed by atoms with E-state index >= 15 is 0 Å². The quantitative estimate of drug-likeness (QED) is 0.929. The largest absolute Gasteiger partial charge is 0.453 e. The Bertz CT molecular complexity index is 394. The molecule has 0 aliphatic carbocycles. The van der Waals surface area contributed by atoms with E-state index in [-0.39, 0.29) is 24.5 Å². The Hall–Kier alpha value is -1.26. The zero-order valence-corrected chi connectivity index (χ0v) is 12.7. The Labute approximate surface area is 126 Å². The topological polar surface area (TPSA) is 41.6 Å². The highest BCUT2D eigenvalue weighted by molar-refractivity contribution is 5.85. The van der Waals surface area contributed by atoms with Crippen LogP contribution in [0.2, 0.25) is 0 Å². The molecule has 1 aromatic rings. The molecule has 1 atom stereocenters. The van der Waals surface area contributed by atoms with Crippen molar-refractivity contribution in [3.63, 3.8) is 0 Å². The number of hydrogen-bond acceptors (Lipinski definition) is 3. The van der Waals surface area contributed by atoms with Gasteiger partial charge in [-0.2, -0.15) is 0 Å². The van der Waals surface area contributed by atoms with E-state index in [1.165, 1.54) is 26.4 Å². The van der Waals surface area contributed by atoms with Crippen molar-refractivity contribution < 1.29 is 9.53 Å². The summed E-state index contributed by atoms with van der Waals surface area (Å²) >= 11 is 0. The van der Waals surface area contributed by atoms with E-state index in [9.17, 15) is 4.79 Å². The summed E-state index contributed by atoms with van der Waals surface area (Å²) in [6.07, 6.45) is 3.45. The molecular weight excluding hydrogens is 276 g/mol. The van der Waals surface area contributed by atoms with Gasteiger partial charge in [-0.05, 0) is 31.5 Å². The van der Waals surface area contributed by atoms with Gasteiger partial charge in [0.25, 0.3) is 0 Å². The van der Waals surface area contributed by atoms with E-state index in [1.807, 2.05) is 30.3 Å². The van der Waals surface area contributed by atoms with Crippen molar-refractivity contribution in [1.82, 2.24) is 10.2 Å². The van der Waals surface area contributed by atoms with Gasteiger partial charge in [0.2, 0.25) is 0 Å². The fraction of sp³-hybridized carbons (Fsp3) is 0.533. The zero-order chi connectivity index (χ0) is 13.5. The molecule has 5 heteroatoms. The lowest BCUT2D eigenvalue weighted by molar-refractivity contribution is 0.156. The Morgan fingerprint density at radius 1 is 1.25 bits per heavy atom. The van der Waals surface area contributed by atoms with Crippen LogP contribution in [0.1, 0.15) is 30.9 Å². The Kier molecular flexibility index (Phi) is 7.41. The number of ether oxygens (including phenoxy) is 1. The third-order valence-corrected chi connectivity index (χ3v) is 3.57. The summed E-state index contributed by atoms with van der Waals surface area (Å²) < 4.78 is 4.72. The summed E-state index contributed by atoms with van der Waals surface area (Å²) in [6, 6.07) is 10.1. The highest BCUT2D eigenvalue weighted by atomic mass is 35.5. The standard InChI is InChI=1S/C15H22N2O2.ClH/c1-19-15(18)16-14(13-8-4-2-5-9-13)12-17-10-6-3-7-11-17;/h2,4-5,8-9,14H,3,6-7,10-12H2,1H3,(H,16,18);1H. The molecule has 1 heterocycles. The van der Waals surface area contributed by atoms with Crippen LogP contribution >= 0.6 is 12.4 Å². The highest BCUT2D eigenvalue weighted by Gasteiger charge is 2.19. The molecule has 20 heavy (non-hydrogen) atoms. The lowest BCUT2D eigenvalue weighted by Crippen LogP contribution is -2.40. The fourth-order valence-electron chi connectivity index (χ4n) is 2.52. The minimum absolute atomic E-state index is 0. The summed E-state index contributed by atoms with van der Waals surface area (Å²) in [6.45, 7) is 3.08. The number of methoxy groups -OCH3 is 1. The highest BCUT2D eigenvalue weighted by Crippen LogP contribution is 2.17. The Morgan fingerprint density at radius 3 is 2.50 bits per heavy atom. The van der Waals surface area contributed by atoms with Crippen molar-refractivity contribution in [3.8, 4) is 0 Å². The number of nitrogens with one attached hydrogen (secondary N) is 1. The molecule has 0 saturated carbocycles. The molecular formula is C15H23ClN2O2. The lowest BCUT2D eigenvalue weighted by Gasteiger charge is -2.30. The molecule has 1 unspecified atom stereocenters. The van der Waals surface area contributed by atoms with Crippen LogP contribution in [0.3, 0.4) is 0 Å². The van der Waals surface area contributed by atoms with Crippen LogP contribution in [0.25, 0.3) is 0 Å². The van der Waals surface area contributed by atoms with Crippen LogP contribution in [0.15, 0.2) is 30.3 Å². The first-order valence-corrected chi connectivity index (χ1v) is 6.91. The molecule has 1 aliphatic rings. The SMILES string of the molecule is COC(=O)NC(CN1CCCCC1)c1ccccc1.Cl. The fourth-order valence-corrected chi connectivity index (χ4v) is 2.52. The first-order valence-electron chi connectivity index (χ1n) is 6.91. The van der Waals surface area contributed by atoms with Gasteiger partial charge in [0.1, 0.15) is 0 Å². The number of halogens is 1. The number of alkyl carbamates (subject to hydrolysis) is 1. The van der Waals surface area contributed by atoms with E-state index in [4.69, 9.17) is 4.74 Å². The smallest absolute Gasteiger partial charge is 0.407 e. The number of hydrogen-bond donors (Lipinski definition) is 1. The van der Waals surface area contributed by atoms with Crippen LogP contribution in [-0.2, 0) is 4.74 Å². The van der Waals surface area contributed by atoms with Crippen LogP contribution in [-0.4, -0.2) is 37.7 Å². The van der Waals surface area contributed by atoms with Gasteiger partial charge in [-0.25, -0.2) is 4.79 Å². The number of carbonyl (C=O) groups is 1. The second-order valence-corrected chi connectivity index (χ2v) is 4.96. The molecule has 0 radical (unpaired) electrons. The minimum Gasteiger partial charge on any atom is -0.453 e. The van der Waals surface area contributed by atoms with Crippen LogP contribution in [0.5, 0.6) is 0 Å². The van der Waals surface area contributed by atoms with Crippen molar-refractivity contribution >= 4 is 18.5 Å². The maximum atomic E-state index is 11.5. The van der Waals surface area contributed by atoms with E-state index in [2.05, 4.69) is 10.2 Å². The van der Waals surface area contributed by atoms with E-state index in [0.29, 0.717) is 0 Å². The lowest BCUT2D eigenvalue weighted by atomic mass is 10.0. The van der Waals surface area contributed by atoms with Crippen molar-refractivity contribution in [3.05, 3.63) is 35.9 Å². The van der Waals surface area contributed by atoms with Crippen molar-refractivity contribution in [1.29, 1.82) is 0 Å². The van der Waals surface area contributed by atoms with Crippen LogP contribution in [0, 0.1) is 0 Å². The molecule has 1 N–H and O–H groups in total. The molecule has 1 aliphatic heterocycles. The molecule has 0 aromatic heterocycles. The summed E-state index contributed by atoms with van der Waals surface area (Å²) in [5, 5.41) is 2.93. The second kappa shape index (κ2) is 8.82. The number of rotatable bonds is 4. The second-order valence-electron chi connectivity index (χ2n) is 4.96. The third-order valence-electron chi connectivity index (χ3n) is 3.57. The van der Waals surface area contributed by atoms with Gasteiger partial charge in [-0.15, -0.1) is 12.4 Å². The average molecular weight is 299 g/mol. The number of amides is 1. The summed E-state index contributed by atoms with van der Waals surface area (Å²) in [4.78, 5) is 13.9. The monoisotopic (exact) mass is 298 g/mol. The van der Waals surface area contributed by atoms with Crippen LogP contribution < -0.4 is 5.32 Å². The van der Waals surface area contributed by atoms with E-state index in [0.717, 1.165) is 25.2 Å². The van der Waals surface area contributed by atoms with E-state index in [1.54, 1.807) is 0 Å². The third kappa shape index (κ3) is 5.02. The maximum Gasteiger partial charge on any atom is 0.407 e. The van der Waals surface area contributed by atoms with Gasteiger partial charge in [0, 0.05) is 6.54 Å². The summed E-state index contributed by atoms with van der Waals surface area (Å²) in [5.74, 6) is 0. The van der Waals surface area contributed by atoms with E-state index < -0.39 is 0 Å². The Balaban J connectivity index is 0.00000200. The predicted molar refractivity (Wildman–Crippen MR) is 82.3 cm³/mol. The molecule has 4 nitrogen and oxygen atoms in total.